The lowest BCUT2D eigenvalue weighted by atomic mass is 9.97. The molecule has 0 aliphatic carbocycles. The third-order valence-electron chi connectivity index (χ3n) is 4.88. The number of aromatic nitrogens is 3. The van der Waals surface area contributed by atoms with Crippen molar-refractivity contribution in [3.63, 3.8) is 0 Å². The minimum atomic E-state index is -2.28. The maximum atomic E-state index is 12.5. The van der Waals surface area contributed by atoms with Crippen LogP contribution in [0.15, 0.2) is 41.1 Å². The minimum Gasteiger partial charge on any atom is -0.339 e. The number of hydrogen-bond acceptors (Lipinski definition) is 5. The highest BCUT2D eigenvalue weighted by molar-refractivity contribution is 5.81. The topological polar surface area (TPSA) is 55.1 Å². The second-order valence-electron chi connectivity index (χ2n) is 6.68. The van der Waals surface area contributed by atoms with E-state index in [0.29, 0.717) is 31.2 Å². The Labute approximate surface area is 150 Å². The Morgan fingerprint density at radius 3 is 2.77 bits per heavy atom. The molecule has 0 amide bonds. The van der Waals surface area contributed by atoms with E-state index >= 15 is 0 Å². The lowest BCUT2D eigenvalue weighted by molar-refractivity contribution is 0.0731. The van der Waals surface area contributed by atoms with Crippen LogP contribution < -0.4 is 0 Å². The van der Waals surface area contributed by atoms with E-state index in [2.05, 4.69) is 15.1 Å². The van der Waals surface area contributed by atoms with Gasteiger partial charge in [-0.3, -0.25) is 9.88 Å². The maximum absolute atomic E-state index is 12.5. The summed E-state index contributed by atoms with van der Waals surface area (Å²) in [5.74, 6) is 1.40. The first-order chi connectivity index (χ1) is 12.7. The molecule has 1 fully saturated rings. The van der Waals surface area contributed by atoms with Crippen LogP contribution in [0.25, 0.3) is 10.9 Å². The molecule has 0 atom stereocenters. The summed E-state index contributed by atoms with van der Waals surface area (Å²) in [5.41, 5.74) is 2.00. The molecule has 3 aromatic rings. The predicted molar refractivity (Wildman–Crippen MR) is 93.3 cm³/mol. The SMILES string of the molecule is FC(F)CN1CCC(c2nc(Cc3cccc4cccnc34)no2)CC1. The van der Waals surface area contributed by atoms with Crippen molar-refractivity contribution in [2.24, 2.45) is 0 Å². The highest BCUT2D eigenvalue weighted by atomic mass is 19.3. The molecule has 0 unspecified atom stereocenters. The Bertz CT molecular complexity index is 869. The predicted octanol–water partition coefficient (Wildman–Crippen LogP) is 3.65. The summed E-state index contributed by atoms with van der Waals surface area (Å²) < 4.78 is 30.4. The lowest BCUT2D eigenvalue weighted by Gasteiger charge is -2.29. The summed E-state index contributed by atoms with van der Waals surface area (Å²) in [6.07, 6.45) is 1.59. The third kappa shape index (κ3) is 3.72. The molecular weight excluding hydrogens is 338 g/mol. The summed E-state index contributed by atoms with van der Waals surface area (Å²) >= 11 is 0. The first-order valence-electron chi connectivity index (χ1n) is 8.84. The average Bonchev–Trinajstić information content (AvgIpc) is 3.11. The number of alkyl halides is 2. The van der Waals surface area contributed by atoms with Gasteiger partial charge in [0, 0.05) is 23.9 Å². The van der Waals surface area contributed by atoms with E-state index in [1.165, 1.54) is 0 Å². The van der Waals surface area contributed by atoms with E-state index in [-0.39, 0.29) is 12.5 Å². The van der Waals surface area contributed by atoms with Gasteiger partial charge >= 0.3 is 0 Å². The molecule has 4 rings (SSSR count). The van der Waals surface area contributed by atoms with Crippen LogP contribution in [0.3, 0.4) is 0 Å². The molecule has 136 valence electrons. The highest BCUT2D eigenvalue weighted by Gasteiger charge is 2.26. The van der Waals surface area contributed by atoms with Crippen LogP contribution in [0.5, 0.6) is 0 Å². The van der Waals surface area contributed by atoms with Gasteiger partial charge in [-0.05, 0) is 37.6 Å². The van der Waals surface area contributed by atoms with E-state index in [4.69, 9.17) is 4.52 Å². The van der Waals surface area contributed by atoms with Gasteiger partial charge in [0.1, 0.15) is 0 Å². The number of hydrogen-bond donors (Lipinski definition) is 0. The standard InChI is InChI=1S/C19H20F2N4O/c20-16(21)12-25-9-6-14(7-10-25)19-23-17(24-26-19)11-15-4-1-3-13-5-2-8-22-18(13)15/h1-5,8,14,16H,6-7,9-12H2. The van der Waals surface area contributed by atoms with Crippen LogP contribution in [0, 0.1) is 0 Å². The Morgan fingerprint density at radius 1 is 1.15 bits per heavy atom. The Morgan fingerprint density at radius 2 is 1.96 bits per heavy atom. The van der Waals surface area contributed by atoms with Crippen molar-refractivity contribution in [2.75, 3.05) is 19.6 Å². The number of para-hydroxylation sites is 1. The quantitative estimate of drug-likeness (QED) is 0.697. The van der Waals surface area contributed by atoms with Crippen LogP contribution in [-0.2, 0) is 6.42 Å². The number of likely N-dealkylation sites (tertiary alicyclic amines) is 1. The Hall–Kier alpha value is -2.41. The van der Waals surface area contributed by atoms with Gasteiger partial charge < -0.3 is 4.52 Å². The molecule has 3 heterocycles. The van der Waals surface area contributed by atoms with Gasteiger partial charge in [0.2, 0.25) is 5.89 Å². The highest BCUT2D eigenvalue weighted by Crippen LogP contribution is 2.27. The van der Waals surface area contributed by atoms with Crippen LogP contribution in [0.1, 0.15) is 36.0 Å². The van der Waals surface area contributed by atoms with E-state index in [9.17, 15) is 8.78 Å². The first kappa shape index (κ1) is 17.0. The molecule has 1 aliphatic heterocycles. The molecule has 1 saturated heterocycles. The van der Waals surface area contributed by atoms with Gasteiger partial charge in [-0.2, -0.15) is 4.98 Å². The second-order valence-corrected chi connectivity index (χ2v) is 6.68. The summed E-state index contributed by atoms with van der Waals surface area (Å²) in [4.78, 5) is 10.8. The Kier molecular flexibility index (Phi) is 4.88. The fraction of sp³-hybridized carbons (Fsp3) is 0.421. The normalized spacial score (nSPS) is 16.6. The molecule has 7 heteroatoms. The number of piperidine rings is 1. The molecular formula is C19H20F2N4O. The number of rotatable bonds is 5. The summed E-state index contributed by atoms with van der Waals surface area (Å²) in [6.45, 7) is 1.12. The molecule has 5 nitrogen and oxygen atoms in total. The van der Waals surface area contributed by atoms with E-state index < -0.39 is 6.43 Å². The number of halogens is 2. The van der Waals surface area contributed by atoms with Crippen LogP contribution in [-0.4, -0.2) is 46.1 Å². The van der Waals surface area contributed by atoms with Crippen LogP contribution in [0.2, 0.25) is 0 Å². The van der Waals surface area contributed by atoms with E-state index in [0.717, 1.165) is 29.3 Å². The fourth-order valence-electron chi connectivity index (χ4n) is 3.54. The van der Waals surface area contributed by atoms with E-state index in [1.807, 2.05) is 30.3 Å². The Balaban J connectivity index is 1.44. The van der Waals surface area contributed by atoms with E-state index in [1.54, 1.807) is 11.1 Å². The van der Waals surface area contributed by atoms with Gasteiger partial charge in [-0.1, -0.05) is 29.4 Å². The zero-order valence-electron chi connectivity index (χ0n) is 14.3. The summed E-state index contributed by atoms with van der Waals surface area (Å²) in [7, 11) is 0. The molecule has 1 aromatic carbocycles. The van der Waals surface area contributed by atoms with Crippen molar-refractivity contribution < 1.29 is 13.3 Å². The third-order valence-corrected chi connectivity index (χ3v) is 4.88. The fourth-order valence-corrected chi connectivity index (χ4v) is 3.54. The van der Waals surface area contributed by atoms with Gasteiger partial charge in [-0.15, -0.1) is 0 Å². The molecule has 0 radical (unpaired) electrons. The molecule has 2 aromatic heterocycles. The van der Waals surface area contributed by atoms with Crippen molar-refractivity contribution in [1.29, 1.82) is 0 Å². The summed E-state index contributed by atoms with van der Waals surface area (Å²) in [6, 6.07) is 9.99. The molecule has 26 heavy (non-hydrogen) atoms. The van der Waals surface area contributed by atoms with Gasteiger partial charge in [-0.25, -0.2) is 8.78 Å². The van der Waals surface area contributed by atoms with Crippen molar-refractivity contribution in [1.82, 2.24) is 20.0 Å². The lowest BCUT2D eigenvalue weighted by Crippen LogP contribution is -2.36. The van der Waals surface area contributed by atoms with Crippen molar-refractivity contribution in [2.45, 2.75) is 31.6 Å². The van der Waals surface area contributed by atoms with Crippen molar-refractivity contribution in [3.05, 3.63) is 53.8 Å². The van der Waals surface area contributed by atoms with Crippen molar-refractivity contribution >= 4 is 10.9 Å². The van der Waals surface area contributed by atoms with Gasteiger partial charge in [0.15, 0.2) is 5.82 Å². The smallest absolute Gasteiger partial charge is 0.251 e. The van der Waals surface area contributed by atoms with Gasteiger partial charge in [0.05, 0.1) is 12.1 Å². The summed E-state index contributed by atoms with van der Waals surface area (Å²) in [5, 5.41) is 5.20. The number of benzene rings is 1. The zero-order valence-corrected chi connectivity index (χ0v) is 14.3. The zero-order chi connectivity index (χ0) is 17.9. The molecule has 1 aliphatic rings. The molecule has 0 N–H and O–H groups in total. The largest absolute Gasteiger partial charge is 0.339 e. The monoisotopic (exact) mass is 358 g/mol. The number of nitrogens with zero attached hydrogens (tertiary/aromatic N) is 4. The minimum absolute atomic E-state index is 0.149. The average molecular weight is 358 g/mol. The maximum Gasteiger partial charge on any atom is 0.251 e. The van der Waals surface area contributed by atoms with Crippen LogP contribution >= 0.6 is 0 Å². The number of fused-ring (bicyclic) bond motifs is 1. The van der Waals surface area contributed by atoms with Crippen LogP contribution in [0.4, 0.5) is 8.78 Å². The molecule has 0 spiro atoms. The number of pyridine rings is 1. The molecule has 0 bridgehead atoms. The first-order valence-corrected chi connectivity index (χ1v) is 8.84. The van der Waals surface area contributed by atoms with Gasteiger partial charge in [0.25, 0.3) is 6.43 Å². The van der Waals surface area contributed by atoms with Crippen molar-refractivity contribution in [3.8, 4) is 0 Å². The second kappa shape index (κ2) is 7.45. The molecule has 0 saturated carbocycles.